The van der Waals surface area contributed by atoms with E-state index in [2.05, 4.69) is 30.9 Å². The van der Waals surface area contributed by atoms with Crippen molar-refractivity contribution in [3.05, 3.63) is 41.0 Å². The molecule has 0 amide bonds. The molecule has 1 aliphatic carbocycles. The molecular weight excluding hydrogens is 270 g/mol. The Morgan fingerprint density at radius 1 is 1.30 bits per heavy atom. The van der Waals surface area contributed by atoms with E-state index in [4.69, 9.17) is 11.6 Å². The van der Waals surface area contributed by atoms with Crippen LogP contribution in [0.15, 0.2) is 29.3 Å². The average Bonchev–Trinajstić information content (AvgIpc) is 2.56. The molecule has 0 aliphatic heterocycles. The summed E-state index contributed by atoms with van der Waals surface area (Å²) in [5.41, 5.74) is 1.31. The summed E-state index contributed by atoms with van der Waals surface area (Å²) < 4.78 is 1.99. The maximum Gasteiger partial charge on any atom is 0.181 e. The first-order chi connectivity index (χ1) is 9.35. The van der Waals surface area contributed by atoms with Crippen LogP contribution in [-0.4, -0.2) is 14.8 Å². The Hall–Kier alpha value is -1.35. The lowest BCUT2D eigenvalue weighted by Crippen LogP contribution is -2.12. The first-order valence-electron chi connectivity index (χ1n) is 7.00. The van der Waals surface area contributed by atoms with Crippen LogP contribution < -0.4 is 0 Å². The fourth-order valence-electron chi connectivity index (χ4n) is 1.95. The highest BCUT2D eigenvalue weighted by Crippen LogP contribution is 2.22. The number of rotatable bonds is 3. The van der Waals surface area contributed by atoms with Gasteiger partial charge >= 0.3 is 0 Å². The van der Waals surface area contributed by atoms with Crippen LogP contribution in [-0.2, 0) is 6.54 Å². The van der Waals surface area contributed by atoms with Gasteiger partial charge in [0.2, 0.25) is 0 Å². The highest BCUT2D eigenvalue weighted by atomic mass is 35.5. The van der Waals surface area contributed by atoms with Gasteiger partial charge in [0.05, 0.1) is 0 Å². The topological polar surface area (TPSA) is 30.7 Å². The van der Waals surface area contributed by atoms with Gasteiger partial charge in [-0.05, 0) is 30.9 Å². The Morgan fingerprint density at radius 3 is 2.75 bits per heavy atom. The van der Waals surface area contributed by atoms with Gasteiger partial charge in [-0.2, -0.15) is 5.10 Å². The van der Waals surface area contributed by atoms with Crippen LogP contribution in [0.5, 0.6) is 0 Å². The summed E-state index contributed by atoms with van der Waals surface area (Å²) in [5.74, 6) is 1.73. The monoisotopic (exact) mass is 291 g/mol. The molecule has 1 aromatic heterocycles. The molecular formula is C16H22ClN3. The second-order valence-electron chi connectivity index (χ2n) is 6.36. The summed E-state index contributed by atoms with van der Waals surface area (Å²) in [6.07, 6.45) is 9.83. The molecule has 1 heterocycles. The van der Waals surface area contributed by atoms with E-state index >= 15 is 0 Å². The van der Waals surface area contributed by atoms with Crippen LogP contribution in [0.25, 0.3) is 5.57 Å². The molecule has 4 heteroatoms. The summed E-state index contributed by atoms with van der Waals surface area (Å²) in [6, 6.07) is 0. The lowest BCUT2D eigenvalue weighted by atomic mass is 9.92. The molecule has 1 aromatic rings. The lowest BCUT2D eigenvalue weighted by Gasteiger charge is -2.17. The summed E-state index contributed by atoms with van der Waals surface area (Å²) in [6.45, 7) is 9.62. The minimum Gasteiger partial charge on any atom is -0.250 e. The minimum atomic E-state index is 0.302. The number of hydrogen-bond acceptors (Lipinski definition) is 2. The van der Waals surface area contributed by atoms with E-state index in [1.807, 2.05) is 35.9 Å². The Balaban J connectivity index is 2.19. The van der Waals surface area contributed by atoms with E-state index in [0.717, 1.165) is 41.6 Å². The van der Waals surface area contributed by atoms with E-state index in [9.17, 15) is 0 Å². The summed E-state index contributed by atoms with van der Waals surface area (Å²) >= 11 is 6.03. The van der Waals surface area contributed by atoms with Gasteiger partial charge < -0.3 is 0 Å². The van der Waals surface area contributed by atoms with E-state index in [1.54, 1.807) is 0 Å². The van der Waals surface area contributed by atoms with Gasteiger partial charge in [0.1, 0.15) is 5.82 Å². The molecule has 0 bridgehead atoms. The molecule has 0 unspecified atom stereocenters. The smallest absolute Gasteiger partial charge is 0.181 e. The SMILES string of the molecule is Cc1nc(C2=CC=C(Cl)CC=C2)nn1CCC(C)(C)C. The molecule has 108 valence electrons. The van der Waals surface area contributed by atoms with Crippen molar-refractivity contribution in [1.82, 2.24) is 14.8 Å². The maximum absolute atomic E-state index is 6.03. The fraction of sp³-hybridized carbons (Fsp3) is 0.500. The third-order valence-corrected chi connectivity index (χ3v) is 3.52. The molecule has 0 aromatic carbocycles. The molecule has 0 atom stereocenters. The fourth-order valence-corrected chi connectivity index (χ4v) is 2.10. The third kappa shape index (κ3) is 4.07. The van der Waals surface area contributed by atoms with Crippen molar-refractivity contribution in [2.75, 3.05) is 0 Å². The minimum absolute atomic E-state index is 0.302. The number of hydrogen-bond donors (Lipinski definition) is 0. The molecule has 0 fully saturated rings. The standard InChI is InChI=1S/C16H22ClN3/c1-12-18-15(13-6-5-7-14(17)9-8-13)19-20(12)11-10-16(2,3)4/h5-6,8-9H,7,10-11H2,1-4H3. The van der Waals surface area contributed by atoms with E-state index in [-0.39, 0.29) is 0 Å². The summed E-state index contributed by atoms with van der Waals surface area (Å²) in [4.78, 5) is 4.56. The van der Waals surface area contributed by atoms with Crippen molar-refractivity contribution >= 4 is 17.2 Å². The molecule has 0 radical (unpaired) electrons. The molecule has 2 rings (SSSR count). The van der Waals surface area contributed by atoms with Crippen LogP contribution >= 0.6 is 11.6 Å². The quantitative estimate of drug-likeness (QED) is 0.821. The van der Waals surface area contributed by atoms with E-state index in [0.29, 0.717) is 5.41 Å². The van der Waals surface area contributed by atoms with Crippen LogP contribution in [0, 0.1) is 12.3 Å². The molecule has 3 nitrogen and oxygen atoms in total. The molecule has 0 saturated heterocycles. The van der Waals surface area contributed by atoms with E-state index < -0.39 is 0 Å². The Morgan fingerprint density at radius 2 is 2.05 bits per heavy atom. The first-order valence-corrected chi connectivity index (χ1v) is 7.38. The molecule has 20 heavy (non-hydrogen) atoms. The van der Waals surface area contributed by atoms with Crippen molar-refractivity contribution < 1.29 is 0 Å². The van der Waals surface area contributed by atoms with Crippen LogP contribution in [0.4, 0.5) is 0 Å². The molecule has 0 saturated carbocycles. The zero-order chi connectivity index (χ0) is 14.8. The molecule has 1 aliphatic rings. The predicted molar refractivity (Wildman–Crippen MR) is 84.5 cm³/mol. The third-order valence-electron chi connectivity index (χ3n) is 3.24. The summed E-state index contributed by atoms with van der Waals surface area (Å²) in [5, 5.41) is 5.45. The van der Waals surface area contributed by atoms with Gasteiger partial charge in [0.15, 0.2) is 5.82 Å². The average molecular weight is 292 g/mol. The number of nitrogens with zero attached hydrogens (tertiary/aromatic N) is 3. The molecule has 0 N–H and O–H groups in total. The Labute approximate surface area is 126 Å². The van der Waals surface area contributed by atoms with Crippen molar-refractivity contribution in [1.29, 1.82) is 0 Å². The number of aromatic nitrogens is 3. The number of halogens is 1. The highest BCUT2D eigenvalue weighted by molar-refractivity contribution is 6.29. The van der Waals surface area contributed by atoms with Gasteiger partial charge in [-0.15, -0.1) is 0 Å². The van der Waals surface area contributed by atoms with Gasteiger partial charge in [-0.25, -0.2) is 9.67 Å². The normalized spacial score (nSPS) is 15.8. The van der Waals surface area contributed by atoms with Crippen molar-refractivity contribution in [3.63, 3.8) is 0 Å². The predicted octanol–water partition coefficient (Wildman–Crippen LogP) is 4.49. The van der Waals surface area contributed by atoms with Crippen LogP contribution in [0.3, 0.4) is 0 Å². The van der Waals surface area contributed by atoms with E-state index in [1.165, 1.54) is 0 Å². The zero-order valence-electron chi connectivity index (χ0n) is 12.7. The second kappa shape index (κ2) is 5.96. The Kier molecular flexibility index (Phi) is 4.48. The van der Waals surface area contributed by atoms with Gasteiger partial charge in [-0.3, -0.25) is 0 Å². The van der Waals surface area contributed by atoms with Gasteiger partial charge in [0, 0.05) is 23.6 Å². The number of aryl methyl sites for hydroxylation is 2. The van der Waals surface area contributed by atoms with Crippen LogP contribution in [0.1, 0.15) is 45.3 Å². The maximum atomic E-state index is 6.03. The second-order valence-corrected chi connectivity index (χ2v) is 6.84. The van der Waals surface area contributed by atoms with Crippen molar-refractivity contribution in [2.45, 2.75) is 47.1 Å². The van der Waals surface area contributed by atoms with Crippen LogP contribution in [0.2, 0.25) is 0 Å². The zero-order valence-corrected chi connectivity index (χ0v) is 13.4. The first kappa shape index (κ1) is 15.0. The van der Waals surface area contributed by atoms with Gasteiger partial charge in [-0.1, -0.05) is 44.5 Å². The van der Waals surface area contributed by atoms with Crippen molar-refractivity contribution in [3.8, 4) is 0 Å². The highest BCUT2D eigenvalue weighted by Gasteiger charge is 2.14. The summed E-state index contributed by atoms with van der Waals surface area (Å²) in [7, 11) is 0. The largest absolute Gasteiger partial charge is 0.250 e. The van der Waals surface area contributed by atoms with Gasteiger partial charge in [0.25, 0.3) is 0 Å². The lowest BCUT2D eigenvalue weighted by molar-refractivity contribution is 0.338. The van der Waals surface area contributed by atoms with Crippen molar-refractivity contribution in [2.24, 2.45) is 5.41 Å². The number of allylic oxidation sites excluding steroid dienone is 6. The Bertz CT molecular complexity index is 571. The molecule has 0 spiro atoms.